The van der Waals surface area contributed by atoms with E-state index in [-0.39, 0.29) is 48.1 Å². The molecule has 3 fully saturated rings. The van der Waals surface area contributed by atoms with E-state index in [0.717, 1.165) is 37.9 Å². The van der Waals surface area contributed by atoms with Crippen LogP contribution in [0.25, 0.3) is 0 Å². The first kappa shape index (κ1) is 28.3. The first-order chi connectivity index (χ1) is 19.9. The molecule has 0 N–H and O–H groups in total. The Morgan fingerprint density at radius 3 is 2.66 bits per heavy atom. The van der Waals surface area contributed by atoms with Crippen molar-refractivity contribution in [3.8, 4) is 11.8 Å². The normalized spacial score (nSPS) is 34.5. The summed E-state index contributed by atoms with van der Waals surface area (Å²) in [4.78, 5) is 27.4. The van der Waals surface area contributed by atoms with Crippen LogP contribution in [0.1, 0.15) is 83.1 Å². The number of hydrogen-bond acceptors (Lipinski definition) is 5. The van der Waals surface area contributed by atoms with Crippen LogP contribution in [0.2, 0.25) is 0 Å². The van der Waals surface area contributed by atoms with Crippen molar-refractivity contribution >= 4 is 11.5 Å². The first-order valence-corrected chi connectivity index (χ1v) is 15.7. The van der Waals surface area contributed by atoms with Gasteiger partial charge in [0.25, 0.3) is 0 Å². The van der Waals surface area contributed by atoms with Crippen LogP contribution < -0.4 is 4.90 Å². The summed E-state index contributed by atoms with van der Waals surface area (Å²) in [5.41, 5.74) is 5.54. The Hall–Kier alpha value is -2.78. The number of piperidine rings is 1. The quantitative estimate of drug-likeness (QED) is 0.200. The van der Waals surface area contributed by atoms with E-state index >= 15 is 4.39 Å². The summed E-state index contributed by atoms with van der Waals surface area (Å²) in [5.74, 6) is 6.27. The number of alkyl halides is 1. The van der Waals surface area contributed by atoms with Gasteiger partial charge in [0.05, 0.1) is 0 Å². The van der Waals surface area contributed by atoms with Crippen molar-refractivity contribution in [1.29, 1.82) is 0 Å². The number of allylic oxidation sites excluding steroid dienone is 3. The van der Waals surface area contributed by atoms with Gasteiger partial charge in [-0.3, -0.25) is 4.79 Å². The van der Waals surface area contributed by atoms with E-state index in [9.17, 15) is 9.70 Å². The summed E-state index contributed by atoms with van der Waals surface area (Å²) >= 11 is 0. The van der Waals surface area contributed by atoms with Crippen LogP contribution in [0.3, 0.4) is 0 Å². The van der Waals surface area contributed by atoms with Crippen molar-refractivity contribution in [3.63, 3.8) is 0 Å². The van der Waals surface area contributed by atoms with Gasteiger partial charge < -0.3 is 9.64 Å². The number of ketones is 1. The molecule has 5 aliphatic rings. The number of Topliss-reactive ketones (excluding diaryl/α,β-unsaturated/α-hetero) is 1. The second-order valence-electron chi connectivity index (χ2n) is 13.1. The number of halogens is 1. The van der Waals surface area contributed by atoms with E-state index in [0.29, 0.717) is 24.8 Å². The Bertz CT molecular complexity index is 1280. The summed E-state index contributed by atoms with van der Waals surface area (Å²) in [6.07, 6.45) is 8.93. The lowest BCUT2D eigenvalue weighted by Gasteiger charge is -2.53. The summed E-state index contributed by atoms with van der Waals surface area (Å²) in [6.45, 7) is 6.64. The van der Waals surface area contributed by atoms with Crippen LogP contribution in [0, 0.1) is 39.9 Å². The standard InChI is InChI=1S/C35H43FN2O3/c1-3-4-18-41-22-33(39)31-15-14-30-28-20-32(36)27-19-24(37-40)10-13-26(27)34(28)29(21-35(30,31)2)23-8-11-25(12-9-23)38-16-6-5-7-17-38/h8-9,11-12,19,24,28-32H,5-7,10,13-18,20-22H2,1-2H3/t24?,28-,29+,30-,31+,32?,35-/m0/s1. The van der Waals surface area contributed by atoms with E-state index in [1.165, 1.54) is 36.1 Å². The minimum Gasteiger partial charge on any atom is -0.372 e. The maximum atomic E-state index is 15.9. The van der Waals surface area contributed by atoms with Crippen molar-refractivity contribution < 1.29 is 13.9 Å². The number of nitroso groups, excluding NO2 is 1. The van der Waals surface area contributed by atoms with Crippen molar-refractivity contribution in [2.75, 3.05) is 31.2 Å². The fourth-order valence-electron chi connectivity index (χ4n) is 9.11. The summed E-state index contributed by atoms with van der Waals surface area (Å²) in [5, 5.41) is 3.26. The second-order valence-corrected chi connectivity index (χ2v) is 13.1. The van der Waals surface area contributed by atoms with Gasteiger partial charge >= 0.3 is 0 Å². The smallest absolute Gasteiger partial charge is 0.162 e. The number of benzene rings is 1. The predicted octanol–water partition coefficient (Wildman–Crippen LogP) is 7.32. The summed E-state index contributed by atoms with van der Waals surface area (Å²) < 4.78 is 21.5. The van der Waals surface area contributed by atoms with Crippen molar-refractivity contribution in [2.24, 2.45) is 28.3 Å². The molecule has 7 atom stereocenters. The zero-order valence-electron chi connectivity index (χ0n) is 24.5. The van der Waals surface area contributed by atoms with E-state index in [4.69, 9.17) is 4.74 Å². The van der Waals surface area contributed by atoms with E-state index in [1.807, 2.05) is 6.08 Å². The van der Waals surface area contributed by atoms with Gasteiger partial charge in [0, 0.05) is 30.6 Å². The molecule has 6 rings (SSSR count). The van der Waals surface area contributed by atoms with Crippen LogP contribution in [0.5, 0.6) is 0 Å². The lowest BCUT2D eigenvalue weighted by Crippen LogP contribution is -2.46. The van der Waals surface area contributed by atoms with Crippen LogP contribution in [0.4, 0.5) is 10.1 Å². The molecule has 1 aromatic carbocycles. The van der Waals surface area contributed by atoms with Crippen LogP contribution in [0.15, 0.2) is 52.2 Å². The minimum absolute atomic E-state index is 0.0891. The minimum atomic E-state index is -1.08. The Labute approximate surface area is 244 Å². The largest absolute Gasteiger partial charge is 0.372 e. The first-order valence-electron chi connectivity index (χ1n) is 15.7. The number of carbonyl (C=O) groups excluding carboxylic acids is 1. The summed E-state index contributed by atoms with van der Waals surface area (Å²) in [7, 11) is 0. The number of hydrogen-bond donors (Lipinski definition) is 0. The highest BCUT2D eigenvalue weighted by atomic mass is 19.1. The fourth-order valence-corrected chi connectivity index (χ4v) is 9.11. The molecule has 2 saturated carbocycles. The monoisotopic (exact) mass is 558 g/mol. The predicted molar refractivity (Wildman–Crippen MR) is 160 cm³/mol. The van der Waals surface area contributed by atoms with Gasteiger partial charge in [0.1, 0.15) is 25.4 Å². The molecular formula is C35H43FN2O3. The number of nitrogens with zero attached hydrogens (tertiary/aromatic N) is 2. The Kier molecular flexibility index (Phi) is 8.19. The maximum Gasteiger partial charge on any atom is 0.162 e. The molecule has 0 spiro atoms. The zero-order chi connectivity index (χ0) is 28.6. The van der Waals surface area contributed by atoms with E-state index in [1.54, 1.807) is 6.92 Å². The third kappa shape index (κ3) is 5.20. The topological polar surface area (TPSA) is 59.0 Å². The lowest BCUT2D eigenvalue weighted by atomic mass is 9.51. The lowest BCUT2D eigenvalue weighted by molar-refractivity contribution is -0.131. The van der Waals surface area contributed by atoms with Gasteiger partial charge in [-0.1, -0.05) is 41.8 Å². The number of fused-ring (bicyclic) bond motifs is 4. The molecule has 1 aromatic rings. The molecule has 6 heteroatoms. The molecule has 0 aromatic heterocycles. The molecule has 1 aliphatic heterocycles. The van der Waals surface area contributed by atoms with Crippen molar-refractivity contribution in [3.05, 3.63) is 57.5 Å². The van der Waals surface area contributed by atoms with Gasteiger partial charge in [-0.2, -0.15) is 4.91 Å². The van der Waals surface area contributed by atoms with Gasteiger partial charge in [-0.15, -0.1) is 5.92 Å². The maximum absolute atomic E-state index is 15.9. The molecule has 41 heavy (non-hydrogen) atoms. The third-order valence-corrected chi connectivity index (χ3v) is 11.0. The highest BCUT2D eigenvalue weighted by Crippen LogP contribution is 2.66. The molecule has 218 valence electrons. The van der Waals surface area contributed by atoms with Crippen LogP contribution >= 0.6 is 0 Å². The molecule has 1 saturated heterocycles. The van der Waals surface area contributed by atoms with Gasteiger partial charge in [-0.25, -0.2) is 4.39 Å². The molecular weight excluding hydrogens is 515 g/mol. The third-order valence-electron chi connectivity index (χ3n) is 11.0. The van der Waals surface area contributed by atoms with Crippen LogP contribution in [-0.2, 0) is 9.53 Å². The van der Waals surface area contributed by atoms with Crippen molar-refractivity contribution in [1.82, 2.24) is 0 Å². The highest BCUT2D eigenvalue weighted by Gasteiger charge is 2.59. The molecule has 4 aliphatic carbocycles. The molecule has 0 amide bonds. The number of ether oxygens (including phenoxy) is 1. The van der Waals surface area contributed by atoms with E-state index in [2.05, 4.69) is 53.1 Å². The molecule has 0 radical (unpaired) electrons. The zero-order valence-corrected chi connectivity index (χ0v) is 24.5. The number of carbonyl (C=O) groups is 1. The molecule has 2 unspecified atom stereocenters. The number of anilines is 1. The highest BCUT2D eigenvalue weighted by molar-refractivity contribution is 5.83. The SMILES string of the molecule is CC#CCOCC(=O)[C@H]1CC[C@H]2[C@@H]3CC(F)C4=CC(N=O)CCC4=C3[C@@H](c3ccc(N4CCCCC4)cc3)C[C@]12C. The van der Waals surface area contributed by atoms with Gasteiger partial charge in [0.15, 0.2) is 5.78 Å². The Balaban J connectivity index is 1.38. The Morgan fingerprint density at radius 2 is 1.93 bits per heavy atom. The second kappa shape index (κ2) is 11.8. The van der Waals surface area contributed by atoms with Gasteiger partial charge in [-0.05, 0) is 111 Å². The average Bonchev–Trinajstić information content (AvgIpc) is 3.36. The Morgan fingerprint density at radius 1 is 1.15 bits per heavy atom. The van der Waals surface area contributed by atoms with Crippen molar-refractivity contribution in [2.45, 2.75) is 89.8 Å². The van der Waals surface area contributed by atoms with E-state index < -0.39 is 12.2 Å². The number of rotatable bonds is 7. The molecule has 5 nitrogen and oxygen atoms in total. The summed E-state index contributed by atoms with van der Waals surface area (Å²) in [6, 6.07) is 8.65. The fraction of sp³-hybridized carbons (Fsp3) is 0.629. The van der Waals surface area contributed by atoms with Crippen LogP contribution in [-0.4, -0.2) is 44.3 Å². The van der Waals surface area contributed by atoms with Gasteiger partial charge in [0.2, 0.25) is 0 Å². The average molecular weight is 559 g/mol. The molecule has 1 heterocycles. The molecule has 0 bridgehead atoms.